The lowest BCUT2D eigenvalue weighted by atomic mass is 9.83. The molecule has 0 saturated carbocycles. The highest BCUT2D eigenvalue weighted by atomic mass is 35.5. The van der Waals surface area contributed by atoms with Gasteiger partial charge in [-0.2, -0.15) is 0 Å². The largest absolute Gasteiger partial charge is 0.480 e. The van der Waals surface area contributed by atoms with Crippen LogP contribution in [-0.2, 0) is 27.2 Å². The van der Waals surface area contributed by atoms with E-state index in [0.717, 1.165) is 5.56 Å². The predicted octanol–water partition coefficient (Wildman–Crippen LogP) is 2.17. The van der Waals surface area contributed by atoms with Crippen molar-refractivity contribution in [3.8, 4) is 0 Å². The van der Waals surface area contributed by atoms with Crippen molar-refractivity contribution < 1.29 is 29.7 Å². The second-order valence-electron chi connectivity index (χ2n) is 5.03. The molecule has 0 amide bonds. The number of thiazole rings is 1. The summed E-state index contributed by atoms with van der Waals surface area (Å²) in [5.41, 5.74) is -1.93. The third-order valence-corrected chi connectivity index (χ3v) is 4.56. The summed E-state index contributed by atoms with van der Waals surface area (Å²) in [5.74, 6) is -5.81. The van der Waals surface area contributed by atoms with Gasteiger partial charge in [-0.1, -0.05) is 23.7 Å². The van der Waals surface area contributed by atoms with Crippen molar-refractivity contribution in [3.05, 3.63) is 50.9 Å². The third kappa shape index (κ3) is 3.55. The molecule has 0 unspecified atom stereocenters. The molecule has 1 aromatic carbocycles. The number of carbonyl (C=O) groups is 3. The lowest BCUT2D eigenvalue weighted by Gasteiger charge is -2.18. The molecule has 0 aliphatic carbocycles. The van der Waals surface area contributed by atoms with E-state index in [4.69, 9.17) is 26.9 Å². The molecule has 7 nitrogen and oxygen atoms in total. The van der Waals surface area contributed by atoms with Crippen LogP contribution >= 0.6 is 22.9 Å². The monoisotopic (exact) mass is 369 g/mol. The van der Waals surface area contributed by atoms with Crippen molar-refractivity contribution in [2.45, 2.75) is 12.8 Å². The quantitative estimate of drug-likeness (QED) is 0.638. The van der Waals surface area contributed by atoms with Gasteiger partial charge in [0.25, 0.3) is 5.41 Å². The zero-order valence-corrected chi connectivity index (χ0v) is 13.7. The van der Waals surface area contributed by atoms with Gasteiger partial charge in [0.15, 0.2) is 0 Å². The number of hydrogen-bond acceptors (Lipinski definition) is 5. The Balaban J connectivity index is 2.23. The second-order valence-corrected chi connectivity index (χ2v) is 6.41. The van der Waals surface area contributed by atoms with Gasteiger partial charge in [0.1, 0.15) is 0 Å². The molecule has 0 radical (unpaired) electrons. The fourth-order valence-electron chi connectivity index (χ4n) is 2.06. The number of aromatic nitrogens is 1. The van der Waals surface area contributed by atoms with Crippen LogP contribution in [-0.4, -0.2) is 38.2 Å². The molecule has 0 bridgehead atoms. The first-order valence-electron chi connectivity index (χ1n) is 6.63. The molecule has 0 aliphatic heterocycles. The van der Waals surface area contributed by atoms with Gasteiger partial charge in [-0.15, -0.1) is 11.3 Å². The first-order valence-corrected chi connectivity index (χ1v) is 7.89. The molecule has 126 valence electrons. The number of carboxylic acids is 3. The minimum absolute atomic E-state index is 0.108. The molecular formula is C15H12ClNO6S. The van der Waals surface area contributed by atoms with E-state index in [0.29, 0.717) is 16.5 Å². The molecule has 2 rings (SSSR count). The highest BCUT2D eigenvalue weighted by molar-refractivity contribution is 7.09. The number of aliphatic carboxylic acids is 3. The van der Waals surface area contributed by atoms with E-state index in [1.165, 1.54) is 16.7 Å². The van der Waals surface area contributed by atoms with E-state index in [1.807, 2.05) is 0 Å². The van der Waals surface area contributed by atoms with Crippen molar-refractivity contribution in [2.75, 3.05) is 0 Å². The minimum Gasteiger partial charge on any atom is -0.480 e. The average molecular weight is 370 g/mol. The van der Waals surface area contributed by atoms with Crippen LogP contribution in [0, 0.1) is 5.41 Å². The lowest BCUT2D eigenvalue weighted by molar-refractivity contribution is -0.175. The van der Waals surface area contributed by atoms with Gasteiger partial charge in [0.05, 0.1) is 10.7 Å². The Morgan fingerprint density at radius 2 is 1.58 bits per heavy atom. The Morgan fingerprint density at radius 1 is 1.04 bits per heavy atom. The average Bonchev–Trinajstić information content (AvgIpc) is 2.93. The summed E-state index contributed by atoms with van der Waals surface area (Å²) in [5, 5.41) is 30.0. The van der Waals surface area contributed by atoms with E-state index in [-0.39, 0.29) is 5.69 Å². The number of carboxylic acid groups (broad SMARTS) is 3. The molecule has 1 heterocycles. The van der Waals surface area contributed by atoms with E-state index in [1.54, 1.807) is 24.3 Å². The summed E-state index contributed by atoms with van der Waals surface area (Å²) >= 11 is 7.00. The van der Waals surface area contributed by atoms with Crippen molar-refractivity contribution >= 4 is 40.8 Å². The molecule has 0 aliphatic rings. The SMILES string of the molecule is O=C(O)C(Cc1csc(Cc2ccc(Cl)cc2)n1)(C(=O)O)C(=O)O. The second kappa shape index (κ2) is 6.98. The molecule has 0 spiro atoms. The van der Waals surface area contributed by atoms with Gasteiger partial charge in [-0.25, -0.2) is 4.98 Å². The Kier molecular flexibility index (Phi) is 5.20. The topological polar surface area (TPSA) is 125 Å². The Morgan fingerprint density at radius 3 is 2.08 bits per heavy atom. The van der Waals surface area contributed by atoms with E-state index in [2.05, 4.69) is 4.98 Å². The normalized spacial score (nSPS) is 11.2. The van der Waals surface area contributed by atoms with Crippen LogP contribution < -0.4 is 0 Å². The Bertz CT molecular complexity index is 749. The molecule has 1 aromatic heterocycles. The summed E-state index contributed by atoms with van der Waals surface area (Å²) in [7, 11) is 0. The van der Waals surface area contributed by atoms with Gasteiger partial charge in [-0.05, 0) is 17.7 Å². The first-order chi connectivity index (χ1) is 11.3. The third-order valence-electron chi connectivity index (χ3n) is 3.41. The van der Waals surface area contributed by atoms with E-state index in [9.17, 15) is 14.4 Å². The molecule has 24 heavy (non-hydrogen) atoms. The van der Waals surface area contributed by atoms with Gasteiger partial charge in [-0.3, -0.25) is 14.4 Å². The van der Waals surface area contributed by atoms with E-state index >= 15 is 0 Å². The van der Waals surface area contributed by atoms with Crippen molar-refractivity contribution in [3.63, 3.8) is 0 Å². The van der Waals surface area contributed by atoms with Crippen LogP contribution in [0.2, 0.25) is 5.02 Å². The fourth-order valence-corrected chi connectivity index (χ4v) is 3.02. The Labute approximate surface area is 145 Å². The zero-order chi connectivity index (χ0) is 17.9. The van der Waals surface area contributed by atoms with Crippen LogP contribution in [0.15, 0.2) is 29.6 Å². The molecule has 0 fully saturated rings. The van der Waals surface area contributed by atoms with Crippen LogP contribution in [0.4, 0.5) is 0 Å². The number of rotatable bonds is 7. The summed E-state index contributed by atoms with van der Waals surface area (Å²) in [6, 6.07) is 7.05. The first kappa shape index (κ1) is 17.9. The standard InChI is InChI=1S/C15H12ClNO6S/c16-9-3-1-8(2-4-9)5-11-17-10(7-24-11)6-15(12(18)19,13(20)21)14(22)23/h1-4,7H,5-6H2,(H,18,19)(H,20,21)(H,22,23). The van der Waals surface area contributed by atoms with Crippen LogP contribution in [0.3, 0.4) is 0 Å². The van der Waals surface area contributed by atoms with Crippen molar-refractivity contribution in [1.29, 1.82) is 0 Å². The van der Waals surface area contributed by atoms with Crippen molar-refractivity contribution in [2.24, 2.45) is 5.41 Å². The molecule has 3 N–H and O–H groups in total. The number of nitrogens with zero attached hydrogens (tertiary/aromatic N) is 1. The maximum atomic E-state index is 11.2. The van der Waals surface area contributed by atoms with Crippen LogP contribution in [0.1, 0.15) is 16.3 Å². The number of hydrogen-bond donors (Lipinski definition) is 3. The summed E-state index contributed by atoms with van der Waals surface area (Å²) in [6.45, 7) is 0. The van der Waals surface area contributed by atoms with E-state index < -0.39 is 29.7 Å². The maximum absolute atomic E-state index is 11.2. The molecular weight excluding hydrogens is 358 g/mol. The fraction of sp³-hybridized carbons (Fsp3) is 0.200. The Hall–Kier alpha value is -2.45. The molecule has 0 saturated heterocycles. The number of halogens is 1. The smallest absolute Gasteiger partial charge is 0.333 e. The van der Waals surface area contributed by atoms with Gasteiger partial charge in [0, 0.05) is 23.2 Å². The highest BCUT2D eigenvalue weighted by Gasteiger charge is 2.55. The molecule has 2 aromatic rings. The predicted molar refractivity (Wildman–Crippen MR) is 85.4 cm³/mol. The van der Waals surface area contributed by atoms with Gasteiger partial charge >= 0.3 is 17.9 Å². The summed E-state index contributed by atoms with van der Waals surface area (Å²) < 4.78 is 0. The number of benzene rings is 1. The van der Waals surface area contributed by atoms with Crippen molar-refractivity contribution in [1.82, 2.24) is 4.98 Å². The zero-order valence-electron chi connectivity index (χ0n) is 12.1. The minimum atomic E-state index is -2.95. The van der Waals surface area contributed by atoms with Gasteiger partial charge in [0.2, 0.25) is 0 Å². The molecule has 9 heteroatoms. The molecule has 0 atom stereocenters. The van der Waals surface area contributed by atoms with Crippen LogP contribution in [0.5, 0.6) is 0 Å². The lowest BCUT2D eigenvalue weighted by Crippen LogP contribution is -2.48. The summed E-state index contributed by atoms with van der Waals surface area (Å²) in [6.07, 6.45) is -0.286. The van der Waals surface area contributed by atoms with Crippen LogP contribution in [0.25, 0.3) is 0 Å². The maximum Gasteiger partial charge on any atom is 0.333 e. The highest BCUT2D eigenvalue weighted by Crippen LogP contribution is 2.26. The van der Waals surface area contributed by atoms with Gasteiger partial charge < -0.3 is 15.3 Å². The summed E-state index contributed by atoms with van der Waals surface area (Å²) in [4.78, 5) is 37.9.